The van der Waals surface area contributed by atoms with Gasteiger partial charge >= 0.3 is 6.03 Å². The highest BCUT2D eigenvalue weighted by Crippen LogP contribution is 2.30. The quantitative estimate of drug-likeness (QED) is 0.524. The molecule has 0 radical (unpaired) electrons. The molecule has 2 heterocycles. The van der Waals surface area contributed by atoms with Gasteiger partial charge in [-0.2, -0.15) is 5.10 Å². The number of aromatic nitrogens is 2. The van der Waals surface area contributed by atoms with Crippen LogP contribution in [0.25, 0.3) is 5.69 Å². The average molecular weight is 488 g/mol. The Labute approximate surface area is 203 Å². The number of nitrogens with zero attached hydrogens (tertiary/aromatic N) is 3. The van der Waals surface area contributed by atoms with Crippen LogP contribution in [0.2, 0.25) is 0 Å². The molecular formula is C25H31F2N5O3. The molecule has 4 rings (SSSR count). The Kier molecular flexibility index (Phi) is 9.16. The molecule has 3 aromatic rings. The SMILES string of the molecule is COCCN1CCC(c2ccc(F)c(F)c2)C1.COc1c(C)nn(-c2ccccc2)c1NC(N)=O. The van der Waals surface area contributed by atoms with Gasteiger partial charge in [0, 0.05) is 20.2 Å². The number of anilines is 1. The summed E-state index contributed by atoms with van der Waals surface area (Å²) in [6.45, 7) is 5.30. The Hall–Kier alpha value is -3.50. The minimum Gasteiger partial charge on any atom is -0.491 e. The minimum absolute atomic E-state index is 0.307. The van der Waals surface area contributed by atoms with Crippen LogP contribution in [0.3, 0.4) is 0 Å². The number of carbonyl (C=O) groups is 1. The number of amides is 2. The number of benzene rings is 2. The third-order valence-corrected chi connectivity index (χ3v) is 5.75. The fourth-order valence-electron chi connectivity index (χ4n) is 4.03. The number of likely N-dealkylation sites (tertiary alicyclic amines) is 1. The first-order chi connectivity index (χ1) is 16.8. The maximum Gasteiger partial charge on any atom is 0.317 e. The van der Waals surface area contributed by atoms with Crippen molar-refractivity contribution in [1.29, 1.82) is 0 Å². The van der Waals surface area contributed by atoms with Gasteiger partial charge < -0.3 is 20.1 Å². The number of primary amides is 1. The molecule has 1 aromatic heterocycles. The number of methoxy groups -OCH3 is 2. The molecule has 1 aliphatic heterocycles. The van der Waals surface area contributed by atoms with Gasteiger partial charge in [-0.3, -0.25) is 5.32 Å². The highest BCUT2D eigenvalue weighted by molar-refractivity contribution is 5.89. The Morgan fingerprint density at radius 2 is 1.91 bits per heavy atom. The number of nitrogens with two attached hydrogens (primary N) is 1. The fourth-order valence-corrected chi connectivity index (χ4v) is 4.03. The third-order valence-electron chi connectivity index (χ3n) is 5.75. The van der Waals surface area contributed by atoms with Crippen molar-refractivity contribution >= 4 is 11.8 Å². The lowest BCUT2D eigenvalue weighted by atomic mass is 9.98. The lowest BCUT2D eigenvalue weighted by Gasteiger charge is -2.15. The second-order valence-corrected chi connectivity index (χ2v) is 8.16. The summed E-state index contributed by atoms with van der Waals surface area (Å²) >= 11 is 0. The van der Waals surface area contributed by atoms with Crippen molar-refractivity contribution in [3.8, 4) is 11.4 Å². The molecule has 188 valence electrons. The number of hydrogen-bond donors (Lipinski definition) is 2. The summed E-state index contributed by atoms with van der Waals surface area (Å²) in [6.07, 6.45) is 0.995. The van der Waals surface area contributed by atoms with Gasteiger partial charge in [-0.1, -0.05) is 24.3 Å². The molecule has 2 amide bonds. The van der Waals surface area contributed by atoms with Crippen molar-refractivity contribution in [1.82, 2.24) is 14.7 Å². The first kappa shape index (κ1) is 26.1. The van der Waals surface area contributed by atoms with Crippen LogP contribution < -0.4 is 15.8 Å². The van der Waals surface area contributed by atoms with Gasteiger partial charge in [0.2, 0.25) is 0 Å². The molecule has 8 nitrogen and oxygen atoms in total. The number of para-hydroxylation sites is 1. The van der Waals surface area contributed by atoms with E-state index in [4.69, 9.17) is 15.2 Å². The summed E-state index contributed by atoms with van der Waals surface area (Å²) in [7, 11) is 3.20. The second kappa shape index (κ2) is 12.3. The number of ether oxygens (including phenoxy) is 2. The first-order valence-electron chi connectivity index (χ1n) is 11.3. The van der Waals surface area contributed by atoms with Gasteiger partial charge in [0.05, 0.1) is 19.4 Å². The predicted octanol–water partition coefficient (Wildman–Crippen LogP) is 4.08. The summed E-state index contributed by atoms with van der Waals surface area (Å²) in [4.78, 5) is 13.3. The van der Waals surface area contributed by atoms with E-state index in [0.717, 1.165) is 37.3 Å². The molecule has 1 fully saturated rings. The summed E-state index contributed by atoms with van der Waals surface area (Å²) in [5.41, 5.74) is 7.53. The lowest BCUT2D eigenvalue weighted by molar-refractivity contribution is 0.160. The molecule has 0 aliphatic carbocycles. The van der Waals surface area contributed by atoms with E-state index >= 15 is 0 Å². The molecule has 3 N–H and O–H groups in total. The number of carbonyl (C=O) groups excluding carboxylic acids is 1. The summed E-state index contributed by atoms with van der Waals surface area (Å²) in [5, 5.41) is 6.85. The van der Waals surface area contributed by atoms with E-state index in [0.29, 0.717) is 29.8 Å². The van der Waals surface area contributed by atoms with Crippen molar-refractivity contribution in [2.45, 2.75) is 19.3 Å². The molecule has 1 aliphatic rings. The third kappa shape index (κ3) is 6.77. The van der Waals surface area contributed by atoms with Crippen molar-refractivity contribution < 1.29 is 23.0 Å². The van der Waals surface area contributed by atoms with Crippen LogP contribution >= 0.6 is 0 Å². The van der Waals surface area contributed by atoms with Crippen molar-refractivity contribution in [2.75, 3.05) is 45.8 Å². The normalized spacial score (nSPS) is 15.4. The van der Waals surface area contributed by atoms with Crippen LogP contribution in [-0.2, 0) is 4.74 Å². The molecule has 1 unspecified atom stereocenters. The summed E-state index contributed by atoms with van der Waals surface area (Å²) in [6, 6.07) is 13.0. The fraction of sp³-hybridized carbons (Fsp3) is 0.360. The Balaban J connectivity index is 0.000000196. The Morgan fingerprint density at radius 3 is 2.54 bits per heavy atom. The molecular weight excluding hydrogens is 456 g/mol. The van der Waals surface area contributed by atoms with Gasteiger partial charge in [0.15, 0.2) is 23.2 Å². The number of halogens is 2. The van der Waals surface area contributed by atoms with Crippen LogP contribution in [0.1, 0.15) is 23.6 Å². The molecule has 0 spiro atoms. The number of aryl methyl sites for hydroxylation is 1. The van der Waals surface area contributed by atoms with Gasteiger partial charge in [-0.25, -0.2) is 18.3 Å². The smallest absolute Gasteiger partial charge is 0.317 e. The van der Waals surface area contributed by atoms with E-state index in [9.17, 15) is 13.6 Å². The molecule has 1 atom stereocenters. The van der Waals surface area contributed by atoms with Crippen molar-refractivity contribution in [3.05, 3.63) is 71.4 Å². The maximum absolute atomic E-state index is 13.1. The average Bonchev–Trinajstić information content (AvgIpc) is 3.44. The molecule has 0 bridgehead atoms. The number of urea groups is 1. The monoisotopic (exact) mass is 487 g/mol. The van der Waals surface area contributed by atoms with E-state index in [-0.39, 0.29) is 0 Å². The van der Waals surface area contributed by atoms with Gasteiger partial charge in [-0.05, 0) is 55.6 Å². The van der Waals surface area contributed by atoms with Crippen LogP contribution in [0.15, 0.2) is 48.5 Å². The van der Waals surface area contributed by atoms with Crippen molar-refractivity contribution in [3.63, 3.8) is 0 Å². The van der Waals surface area contributed by atoms with Crippen LogP contribution in [-0.4, -0.2) is 61.2 Å². The molecule has 10 heteroatoms. The van der Waals surface area contributed by atoms with Crippen LogP contribution in [0, 0.1) is 18.6 Å². The summed E-state index contributed by atoms with van der Waals surface area (Å²) in [5.74, 6) is -0.297. The number of hydrogen-bond acceptors (Lipinski definition) is 5. The highest BCUT2D eigenvalue weighted by Gasteiger charge is 2.24. The van der Waals surface area contributed by atoms with Crippen LogP contribution in [0.5, 0.6) is 5.75 Å². The van der Waals surface area contributed by atoms with E-state index in [1.54, 1.807) is 24.8 Å². The lowest BCUT2D eigenvalue weighted by Crippen LogP contribution is -2.24. The van der Waals surface area contributed by atoms with E-state index in [1.807, 2.05) is 30.3 Å². The molecule has 2 aromatic carbocycles. The minimum atomic E-state index is -0.775. The number of rotatable bonds is 7. The van der Waals surface area contributed by atoms with E-state index in [2.05, 4.69) is 15.3 Å². The molecule has 1 saturated heterocycles. The Morgan fingerprint density at radius 1 is 1.17 bits per heavy atom. The first-order valence-corrected chi connectivity index (χ1v) is 11.3. The van der Waals surface area contributed by atoms with E-state index < -0.39 is 17.7 Å². The Bertz CT molecular complexity index is 1120. The van der Waals surface area contributed by atoms with Gasteiger partial charge in [-0.15, -0.1) is 0 Å². The second-order valence-electron chi connectivity index (χ2n) is 8.16. The highest BCUT2D eigenvalue weighted by atomic mass is 19.2. The number of nitrogens with one attached hydrogen (secondary N) is 1. The standard InChI is InChI=1S/C13H17F2NO.C12H14N4O2/c1-17-7-6-16-5-4-11(9-16)10-2-3-12(14)13(15)8-10;1-8-10(18-2)11(14-12(13)17)16(15-8)9-6-4-3-5-7-9/h2-3,8,11H,4-7,9H2,1H3;3-7H,1-2H3,(H3,13,14,17). The zero-order valence-corrected chi connectivity index (χ0v) is 20.1. The molecule has 35 heavy (non-hydrogen) atoms. The molecule has 0 saturated carbocycles. The van der Waals surface area contributed by atoms with Gasteiger partial charge in [0.25, 0.3) is 0 Å². The zero-order chi connectivity index (χ0) is 25.4. The summed E-state index contributed by atoms with van der Waals surface area (Å²) < 4.78 is 37.8. The predicted molar refractivity (Wildman–Crippen MR) is 130 cm³/mol. The van der Waals surface area contributed by atoms with Crippen molar-refractivity contribution in [2.24, 2.45) is 5.73 Å². The zero-order valence-electron chi connectivity index (χ0n) is 20.1. The maximum atomic E-state index is 13.1. The topological polar surface area (TPSA) is 94.6 Å². The van der Waals surface area contributed by atoms with E-state index in [1.165, 1.54) is 19.2 Å². The van der Waals surface area contributed by atoms with Crippen LogP contribution in [0.4, 0.5) is 19.4 Å². The van der Waals surface area contributed by atoms with Gasteiger partial charge in [0.1, 0.15) is 5.69 Å². The largest absolute Gasteiger partial charge is 0.491 e.